The number of benzene rings is 3. The van der Waals surface area contributed by atoms with Gasteiger partial charge in [-0.1, -0.05) is 45.0 Å². The van der Waals surface area contributed by atoms with Crippen LogP contribution in [0.5, 0.6) is 11.5 Å². The minimum Gasteiger partial charge on any atom is -0.507 e. The van der Waals surface area contributed by atoms with Crippen LogP contribution in [0.4, 0.5) is 5.69 Å². The number of aliphatic hydroxyl groups is 1. The van der Waals surface area contributed by atoms with Gasteiger partial charge in [-0.3, -0.25) is 14.5 Å². The van der Waals surface area contributed by atoms with Gasteiger partial charge in [0.25, 0.3) is 11.7 Å². The molecule has 1 aliphatic heterocycles. The first-order valence-corrected chi connectivity index (χ1v) is 12.2. The Morgan fingerprint density at radius 1 is 0.919 bits per heavy atom. The van der Waals surface area contributed by atoms with E-state index in [0.29, 0.717) is 28.3 Å². The number of aliphatic hydroxyl groups excluding tert-OH is 1. The molecule has 1 aliphatic rings. The van der Waals surface area contributed by atoms with Gasteiger partial charge in [-0.25, -0.2) is 0 Å². The summed E-state index contributed by atoms with van der Waals surface area (Å²) in [5, 5.41) is 11.6. The lowest BCUT2D eigenvalue weighted by Crippen LogP contribution is -2.30. The Balaban J connectivity index is 2.00. The molecule has 3 aromatic carbocycles. The van der Waals surface area contributed by atoms with Crippen molar-refractivity contribution in [3.63, 3.8) is 0 Å². The normalized spacial score (nSPS) is 17.3. The summed E-state index contributed by atoms with van der Waals surface area (Å²) in [5.74, 6) is -0.383. The topological polar surface area (TPSA) is 76.1 Å². The first-order valence-electron chi connectivity index (χ1n) is 12.2. The van der Waals surface area contributed by atoms with Crippen LogP contribution < -0.4 is 14.4 Å². The Hall–Kier alpha value is -4.06. The summed E-state index contributed by atoms with van der Waals surface area (Å²) in [5.41, 5.74) is 4.16. The summed E-state index contributed by atoms with van der Waals surface area (Å²) >= 11 is 0. The molecule has 6 heteroatoms. The maximum atomic E-state index is 13.6. The van der Waals surface area contributed by atoms with Crippen molar-refractivity contribution in [3.8, 4) is 11.5 Å². The van der Waals surface area contributed by atoms with Crippen LogP contribution in [0, 0.1) is 13.8 Å². The minimum atomic E-state index is -0.837. The molecule has 1 amide bonds. The average Bonchev–Trinajstić information content (AvgIpc) is 3.14. The molecule has 37 heavy (non-hydrogen) atoms. The molecule has 0 radical (unpaired) electrons. The second-order valence-electron chi connectivity index (χ2n) is 10.4. The van der Waals surface area contributed by atoms with Crippen LogP contribution in [-0.2, 0) is 15.0 Å². The Morgan fingerprint density at radius 3 is 2.30 bits per heavy atom. The molecule has 6 nitrogen and oxygen atoms in total. The fraction of sp³-hybridized carbons (Fsp3) is 0.290. The number of Topliss-reactive ketones (excluding diaryl/α,β-unsaturated/α-hetero) is 1. The Bertz CT molecular complexity index is 1410. The number of amides is 1. The zero-order valence-electron chi connectivity index (χ0n) is 22.4. The second-order valence-corrected chi connectivity index (χ2v) is 10.4. The van der Waals surface area contributed by atoms with Gasteiger partial charge in [0.15, 0.2) is 0 Å². The number of anilines is 1. The minimum absolute atomic E-state index is 0.0317. The van der Waals surface area contributed by atoms with E-state index in [9.17, 15) is 14.7 Å². The van der Waals surface area contributed by atoms with Crippen molar-refractivity contribution < 1.29 is 24.2 Å². The number of aryl methyl sites for hydroxylation is 2. The molecule has 0 spiro atoms. The first kappa shape index (κ1) is 26.0. The molecule has 1 unspecified atom stereocenters. The molecule has 3 aromatic rings. The quantitative estimate of drug-likeness (QED) is 0.255. The van der Waals surface area contributed by atoms with Gasteiger partial charge in [-0.15, -0.1) is 0 Å². The standard InChI is InChI=1S/C31H33NO5/c1-18-11-12-19(2)24(15-18)32-27(20-9-8-10-22(16-20)36-6)26(29(34)30(32)35)28(33)21-13-14-25(37-7)23(17-21)31(3,4)5/h8-17,27,33H,1-7H3/b28-26-. The lowest BCUT2D eigenvalue weighted by Gasteiger charge is -2.27. The van der Waals surface area contributed by atoms with Gasteiger partial charge in [0, 0.05) is 16.8 Å². The van der Waals surface area contributed by atoms with Crippen molar-refractivity contribution in [2.45, 2.75) is 46.1 Å². The Kier molecular flexibility index (Phi) is 6.87. The zero-order valence-corrected chi connectivity index (χ0v) is 22.4. The van der Waals surface area contributed by atoms with E-state index in [1.165, 1.54) is 4.90 Å². The van der Waals surface area contributed by atoms with Crippen molar-refractivity contribution in [2.24, 2.45) is 0 Å². The third kappa shape index (κ3) is 4.71. The molecule has 1 saturated heterocycles. The third-order valence-corrected chi connectivity index (χ3v) is 6.76. The van der Waals surface area contributed by atoms with E-state index < -0.39 is 17.7 Å². The molecule has 0 saturated carbocycles. The van der Waals surface area contributed by atoms with Crippen molar-refractivity contribution in [1.82, 2.24) is 0 Å². The van der Waals surface area contributed by atoms with E-state index in [4.69, 9.17) is 9.47 Å². The molecular formula is C31H33NO5. The highest BCUT2D eigenvalue weighted by molar-refractivity contribution is 6.51. The van der Waals surface area contributed by atoms with E-state index in [2.05, 4.69) is 0 Å². The number of carbonyl (C=O) groups is 2. The van der Waals surface area contributed by atoms with E-state index >= 15 is 0 Å². The molecule has 192 valence electrons. The lowest BCUT2D eigenvalue weighted by atomic mass is 9.84. The molecule has 4 rings (SSSR count). The average molecular weight is 500 g/mol. The summed E-state index contributed by atoms with van der Waals surface area (Å²) in [7, 11) is 3.16. The van der Waals surface area contributed by atoms with Gasteiger partial charge < -0.3 is 14.6 Å². The predicted molar refractivity (Wildman–Crippen MR) is 145 cm³/mol. The fourth-order valence-corrected chi connectivity index (χ4v) is 4.78. The number of nitrogens with zero attached hydrogens (tertiary/aromatic N) is 1. The number of rotatable bonds is 5. The Morgan fingerprint density at radius 2 is 1.65 bits per heavy atom. The summed E-state index contributed by atoms with van der Waals surface area (Å²) in [6, 6.07) is 17.5. The van der Waals surface area contributed by atoms with E-state index in [0.717, 1.165) is 16.7 Å². The smallest absolute Gasteiger partial charge is 0.300 e. The van der Waals surface area contributed by atoms with Crippen molar-refractivity contribution in [1.29, 1.82) is 0 Å². The number of methoxy groups -OCH3 is 2. The van der Waals surface area contributed by atoms with E-state index in [1.54, 1.807) is 38.5 Å². The number of hydrogen-bond acceptors (Lipinski definition) is 5. The summed E-state index contributed by atoms with van der Waals surface area (Å²) in [4.78, 5) is 28.6. The molecule has 1 fully saturated rings. The number of carbonyl (C=O) groups excluding carboxylic acids is 2. The van der Waals surface area contributed by atoms with Crippen LogP contribution in [-0.4, -0.2) is 31.0 Å². The first-order chi connectivity index (χ1) is 17.5. The molecule has 0 aromatic heterocycles. The van der Waals surface area contributed by atoms with Gasteiger partial charge in [0.05, 0.1) is 25.8 Å². The van der Waals surface area contributed by atoms with Crippen molar-refractivity contribution in [2.75, 3.05) is 19.1 Å². The van der Waals surface area contributed by atoms with Gasteiger partial charge in [-0.05, 0) is 72.4 Å². The summed E-state index contributed by atoms with van der Waals surface area (Å²) < 4.78 is 11.0. The third-order valence-electron chi connectivity index (χ3n) is 6.76. The van der Waals surface area contributed by atoms with Crippen molar-refractivity contribution in [3.05, 3.63) is 94.1 Å². The Labute approximate surface area is 218 Å². The summed E-state index contributed by atoms with van der Waals surface area (Å²) in [6.07, 6.45) is 0. The largest absolute Gasteiger partial charge is 0.507 e. The number of ether oxygens (including phenoxy) is 2. The molecule has 1 heterocycles. The highest BCUT2D eigenvalue weighted by Crippen LogP contribution is 2.44. The van der Waals surface area contributed by atoms with Gasteiger partial charge >= 0.3 is 0 Å². The lowest BCUT2D eigenvalue weighted by molar-refractivity contribution is -0.132. The molecule has 1 N–H and O–H groups in total. The van der Waals surface area contributed by atoms with Crippen LogP contribution >= 0.6 is 0 Å². The SMILES string of the molecule is COc1cccc(C2/C(=C(/O)c3ccc(OC)c(C(C)(C)C)c3)C(=O)C(=O)N2c2cc(C)ccc2C)c1. The van der Waals surface area contributed by atoms with E-state index in [1.807, 2.05) is 71.0 Å². The maximum absolute atomic E-state index is 13.6. The van der Waals surface area contributed by atoms with Crippen LogP contribution in [0.3, 0.4) is 0 Å². The zero-order chi connectivity index (χ0) is 27.1. The summed E-state index contributed by atoms with van der Waals surface area (Å²) in [6.45, 7) is 9.97. The molecule has 1 atom stereocenters. The van der Waals surface area contributed by atoms with Crippen LogP contribution in [0.1, 0.15) is 54.6 Å². The van der Waals surface area contributed by atoms with Crippen LogP contribution in [0.15, 0.2) is 66.2 Å². The van der Waals surface area contributed by atoms with Gasteiger partial charge in [-0.2, -0.15) is 0 Å². The highest BCUT2D eigenvalue weighted by atomic mass is 16.5. The number of hydrogen-bond donors (Lipinski definition) is 1. The second kappa shape index (κ2) is 9.77. The van der Waals surface area contributed by atoms with Gasteiger partial charge in [0.1, 0.15) is 17.3 Å². The van der Waals surface area contributed by atoms with Gasteiger partial charge in [0.2, 0.25) is 0 Å². The highest BCUT2D eigenvalue weighted by Gasteiger charge is 2.47. The molecular weight excluding hydrogens is 466 g/mol. The number of ketones is 1. The fourth-order valence-electron chi connectivity index (χ4n) is 4.78. The predicted octanol–water partition coefficient (Wildman–Crippen LogP) is 6.24. The monoisotopic (exact) mass is 499 g/mol. The molecule has 0 aliphatic carbocycles. The maximum Gasteiger partial charge on any atom is 0.300 e. The van der Waals surface area contributed by atoms with Crippen LogP contribution in [0.2, 0.25) is 0 Å². The molecule has 0 bridgehead atoms. The van der Waals surface area contributed by atoms with Crippen molar-refractivity contribution >= 4 is 23.1 Å². The van der Waals surface area contributed by atoms with Crippen LogP contribution in [0.25, 0.3) is 5.76 Å². The van der Waals surface area contributed by atoms with E-state index in [-0.39, 0.29) is 16.7 Å².